The molecule has 6 nitrogen and oxygen atoms in total. The molecule has 0 saturated carbocycles. The number of halogens is 1. The number of nitrogens with zero attached hydrogens (tertiary/aromatic N) is 4. The van der Waals surface area contributed by atoms with E-state index in [1.54, 1.807) is 17.0 Å². The van der Waals surface area contributed by atoms with Gasteiger partial charge in [-0.2, -0.15) is 0 Å². The lowest BCUT2D eigenvalue weighted by Gasteiger charge is -2.31. The zero-order chi connectivity index (χ0) is 20.4. The largest absolute Gasteiger partial charge is 0.362 e. The third-order valence-corrected chi connectivity index (χ3v) is 4.86. The van der Waals surface area contributed by atoms with Crippen molar-refractivity contribution in [3.63, 3.8) is 0 Å². The van der Waals surface area contributed by atoms with E-state index in [2.05, 4.69) is 5.32 Å². The summed E-state index contributed by atoms with van der Waals surface area (Å²) < 4.78 is 13.4. The molecule has 148 valence electrons. The number of carbonyl (C=O) groups is 1. The molecule has 2 heterocycles. The van der Waals surface area contributed by atoms with Crippen molar-refractivity contribution < 1.29 is 9.18 Å². The van der Waals surface area contributed by atoms with Gasteiger partial charge in [0.05, 0.1) is 12.2 Å². The molecule has 0 fully saturated rings. The Hall–Kier alpha value is -3.48. The second-order valence-corrected chi connectivity index (χ2v) is 7.17. The van der Waals surface area contributed by atoms with Crippen LogP contribution in [0.15, 0.2) is 54.6 Å². The summed E-state index contributed by atoms with van der Waals surface area (Å²) in [6.45, 7) is 0.936. The van der Waals surface area contributed by atoms with Gasteiger partial charge in [-0.05, 0) is 18.2 Å². The lowest BCUT2D eigenvalue weighted by molar-refractivity contribution is 0.206. The van der Waals surface area contributed by atoms with Crippen molar-refractivity contribution in [2.24, 2.45) is 0 Å². The molecule has 0 unspecified atom stereocenters. The van der Waals surface area contributed by atoms with E-state index in [-0.39, 0.29) is 11.8 Å². The zero-order valence-electron chi connectivity index (χ0n) is 16.4. The maximum absolute atomic E-state index is 13.4. The van der Waals surface area contributed by atoms with Gasteiger partial charge in [-0.15, -0.1) is 0 Å². The highest BCUT2D eigenvalue weighted by molar-refractivity contribution is 5.89. The van der Waals surface area contributed by atoms with Crippen LogP contribution in [0.2, 0.25) is 0 Å². The lowest BCUT2D eigenvalue weighted by atomic mass is 10.1. The normalized spacial score (nSPS) is 13.0. The standard InChI is InChI=1S/C22H22FN5O/c1-27(2)21-18-14-28(22(29)24-17-10-6-9-16(23)13-17)12-11-19(18)25-20(26-21)15-7-4-3-5-8-15/h3-10,13H,11-12,14H2,1-2H3,(H,24,29). The summed E-state index contributed by atoms with van der Waals surface area (Å²) in [6, 6.07) is 15.5. The van der Waals surface area contributed by atoms with Gasteiger partial charge in [0, 0.05) is 43.9 Å². The van der Waals surface area contributed by atoms with Crippen LogP contribution in [-0.2, 0) is 13.0 Å². The fourth-order valence-electron chi connectivity index (χ4n) is 3.43. The van der Waals surface area contributed by atoms with E-state index in [9.17, 15) is 9.18 Å². The van der Waals surface area contributed by atoms with Gasteiger partial charge >= 0.3 is 6.03 Å². The molecule has 0 aliphatic carbocycles. The average Bonchev–Trinajstić information content (AvgIpc) is 2.73. The van der Waals surface area contributed by atoms with Crippen LogP contribution in [0.3, 0.4) is 0 Å². The summed E-state index contributed by atoms with van der Waals surface area (Å²) >= 11 is 0. The minimum absolute atomic E-state index is 0.266. The number of carbonyl (C=O) groups excluding carboxylic acids is 1. The molecule has 0 saturated heterocycles. The van der Waals surface area contributed by atoms with Crippen molar-refractivity contribution in [3.05, 3.63) is 71.7 Å². The first-order valence-electron chi connectivity index (χ1n) is 9.45. The minimum Gasteiger partial charge on any atom is -0.362 e. The van der Waals surface area contributed by atoms with Crippen molar-refractivity contribution in [1.82, 2.24) is 14.9 Å². The van der Waals surface area contributed by atoms with Crippen LogP contribution in [0, 0.1) is 5.82 Å². The minimum atomic E-state index is -0.386. The van der Waals surface area contributed by atoms with Crippen molar-refractivity contribution in [2.75, 3.05) is 30.9 Å². The average molecular weight is 391 g/mol. The molecular formula is C22H22FN5O. The van der Waals surface area contributed by atoms with Crippen molar-refractivity contribution >= 4 is 17.5 Å². The third-order valence-electron chi connectivity index (χ3n) is 4.86. The Morgan fingerprint density at radius 2 is 1.90 bits per heavy atom. The summed E-state index contributed by atoms with van der Waals surface area (Å²) in [7, 11) is 3.87. The number of urea groups is 1. The molecule has 2 aromatic carbocycles. The highest BCUT2D eigenvalue weighted by atomic mass is 19.1. The number of aromatic nitrogens is 2. The monoisotopic (exact) mass is 391 g/mol. The maximum Gasteiger partial charge on any atom is 0.322 e. The molecule has 3 aromatic rings. The van der Waals surface area contributed by atoms with Crippen LogP contribution in [0.4, 0.5) is 20.7 Å². The Morgan fingerprint density at radius 3 is 2.62 bits per heavy atom. The number of fused-ring (bicyclic) bond motifs is 1. The fourth-order valence-corrected chi connectivity index (χ4v) is 3.43. The molecule has 0 radical (unpaired) electrons. The quantitative estimate of drug-likeness (QED) is 0.735. The fraction of sp³-hybridized carbons (Fsp3) is 0.227. The van der Waals surface area contributed by atoms with Crippen LogP contribution in [0.1, 0.15) is 11.3 Å². The summed E-state index contributed by atoms with van der Waals surface area (Å²) in [5, 5.41) is 2.76. The topological polar surface area (TPSA) is 61.4 Å². The van der Waals surface area contributed by atoms with E-state index in [1.165, 1.54) is 12.1 Å². The molecule has 29 heavy (non-hydrogen) atoms. The van der Waals surface area contributed by atoms with E-state index in [1.807, 2.05) is 49.3 Å². The van der Waals surface area contributed by atoms with Crippen molar-refractivity contribution in [2.45, 2.75) is 13.0 Å². The molecule has 0 bridgehead atoms. The summed E-state index contributed by atoms with van der Waals surface area (Å²) in [6.07, 6.45) is 0.634. The Kier molecular flexibility index (Phi) is 5.12. The molecule has 7 heteroatoms. The zero-order valence-corrected chi connectivity index (χ0v) is 16.4. The summed E-state index contributed by atoms with van der Waals surface area (Å²) in [5.41, 5.74) is 3.29. The Balaban J connectivity index is 1.61. The SMILES string of the molecule is CN(C)c1nc(-c2ccccc2)nc2c1CN(C(=O)Nc1cccc(F)c1)CC2. The molecule has 1 aliphatic heterocycles. The molecule has 4 rings (SSSR count). The molecular weight excluding hydrogens is 369 g/mol. The number of rotatable bonds is 3. The Labute approximate surface area is 169 Å². The van der Waals surface area contributed by atoms with Crippen LogP contribution < -0.4 is 10.2 Å². The molecule has 1 N–H and O–H groups in total. The van der Waals surface area contributed by atoms with Gasteiger partial charge in [-0.3, -0.25) is 0 Å². The van der Waals surface area contributed by atoms with E-state index in [4.69, 9.17) is 9.97 Å². The number of benzene rings is 2. The number of amides is 2. The van der Waals surface area contributed by atoms with Gasteiger partial charge in [-0.25, -0.2) is 19.2 Å². The first kappa shape index (κ1) is 18.9. The molecule has 2 amide bonds. The lowest BCUT2D eigenvalue weighted by Crippen LogP contribution is -2.40. The van der Waals surface area contributed by atoms with Crippen LogP contribution in [-0.4, -0.2) is 41.5 Å². The van der Waals surface area contributed by atoms with Crippen molar-refractivity contribution in [3.8, 4) is 11.4 Å². The predicted octanol–water partition coefficient (Wildman–Crippen LogP) is 3.94. The van der Waals surface area contributed by atoms with Gasteiger partial charge in [0.25, 0.3) is 0 Å². The second kappa shape index (κ2) is 7.87. The van der Waals surface area contributed by atoms with E-state index in [0.717, 1.165) is 22.6 Å². The van der Waals surface area contributed by atoms with Gasteiger partial charge in [0.15, 0.2) is 5.82 Å². The summed E-state index contributed by atoms with van der Waals surface area (Å²) in [4.78, 5) is 25.9. The van der Waals surface area contributed by atoms with Gasteiger partial charge in [-0.1, -0.05) is 36.4 Å². The van der Waals surface area contributed by atoms with Crippen molar-refractivity contribution in [1.29, 1.82) is 0 Å². The van der Waals surface area contributed by atoms with Gasteiger partial charge in [0.2, 0.25) is 0 Å². The van der Waals surface area contributed by atoms with E-state index >= 15 is 0 Å². The molecule has 1 aromatic heterocycles. The van der Waals surface area contributed by atoms with Gasteiger partial charge in [0.1, 0.15) is 11.6 Å². The first-order valence-corrected chi connectivity index (χ1v) is 9.45. The highest BCUT2D eigenvalue weighted by Crippen LogP contribution is 2.29. The summed E-state index contributed by atoms with van der Waals surface area (Å²) in [5.74, 6) is 1.10. The maximum atomic E-state index is 13.4. The number of anilines is 2. The molecule has 0 spiro atoms. The first-order chi connectivity index (χ1) is 14.0. The number of hydrogen-bond donors (Lipinski definition) is 1. The van der Waals surface area contributed by atoms with E-state index in [0.29, 0.717) is 31.0 Å². The number of hydrogen-bond acceptors (Lipinski definition) is 4. The van der Waals surface area contributed by atoms with Gasteiger partial charge < -0.3 is 15.1 Å². The van der Waals surface area contributed by atoms with E-state index < -0.39 is 0 Å². The molecule has 0 atom stereocenters. The molecule has 1 aliphatic rings. The smallest absolute Gasteiger partial charge is 0.322 e. The Bertz CT molecular complexity index is 1040. The van der Waals surface area contributed by atoms with Crippen LogP contribution >= 0.6 is 0 Å². The number of nitrogens with one attached hydrogen (secondary N) is 1. The second-order valence-electron chi connectivity index (χ2n) is 7.17. The van der Waals surface area contributed by atoms with Crippen LogP contribution in [0.25, 0.3) is 11.4 Å². The third kappa shape index (κ3) is 4.03. The predicted molar refractivity (Wildman–Crippen MR) is 111 cm³/mol. The van der Waals surface area contributed by atoms with Crippen LogP contribution in [0.5, 0.6) is 0 Å². The Morgan fingerprint density at radius 1 is 1.10 bits per heavy atom. The highest BCUT2D eigenvalue weighted by Gasteiger charge is 2.26.